The van der Waals surface area contributed by atoms with E-state index in [0.29, 0.717) is 0 Å². The van der Waals surface area contributed by atoms with Gasteiger partial charge in [-0.15, -0.1) is 0 Å². The van der Waals surface area contributed by atoms with Gasteiger partial charge in [0.15, 0.2) is 17.3 Å². The number of carboxylic acid groups (broad SMARTS) is 1. The number of hydrogen-bond donors (Lipinski definition) is 3. The molecule has 0 fully saturated rings. The number of para-hydroxylation sites is 1. The Labute approximate surface area is 145 Å². The summed E-state index contributed by atoms with van der Waals surface area (Å²) in [5.41, 5.74) is -0.312. The maximum Gasteiger partial charge on any atom is 0.322 e. The van der Waals surface area contributed by atoms with Crippen LogP contribution in [0, 0.1) is 0 Å². The number of carbonyl (C=O) groups excluding carboxylic acids is 1. The third-order valence-electron chi connectivity index (χ3n) is 3.51. The predicted molar refractivity (Wildman–Crippen MR) is 89.1 cm³/mol. The van der Waals surface area contributed by atoms with Crippen LogP contribution in [0.25, 0.3) is 22.3 Å². The molecule has 0 aliphatic heterocycles. The largest absolute Gasteiger partial charge is 0.504 e. The Morgan fingerprint density at radius 1 is 1.04 bits per heavy atom. The van der Waals surface area contributed by atoms with Crippen LogP contribution in [0.3, 0.4) is 0 Å². The van der Waals surface area contributed by atoms with Crippen molar-refractivity contribution in [3.05, 3.63) is 52.7 Å². The number of esters is 1. The topological polar surface area (TPSA) is 134 Å². The normalized spacial score (nSPS) is 10.6. The monoisotopic (exact) mass is 356 g/mol. The van der Waals surface area contributed by atoms with E-state index in [9.17, 15) is 24.6 Å². The van der Waals surface area contributed by atoms with Crippen LogP contribution in [0.5, 0.6) is 17.2 Å². The second kappa shape index (κ2) is 6.60. The van der Waals surface area contributed by atoms with E-state index in [0.717, 1.165) is 6.07 Å². The van der Waals surface area contributed by atoms with Gasteiger partial charge in [-0.25, -0.2) is 0 Å². The quantitative estimate of drug-likeness (QED) is 0.368. The van der Waals surface area contributed by atoms with Gasteiger partial charge < -0.3 is 24.5 Å². The summed E-state index contributed by atoms with van der Waals surface area (Å²) in [6.45, 7) is 0. The average molecular weight is 356 g/mol. The van der Waals surface area contributed by atoms with Crippen molar-refractivity contribution in [1.29, 1.82) is 0 Å². The van der Waals surface area contributed by atoms with E-state index in [1.165, 1.54) is 24.3 Å². The number of aromatic hydroxyl groups is 2. The number of phenols is 2. The van der Waals surface area contributed by atoms with Crippen molar-refractivity contribution in [2.24, 2.45) is 0 Å². The lowest BCUT2D eigenvalue weighted by atomic mass is 10.1. The fraction of sp³-hybridized carbons (Fsp3) is 0.0556. The molecule has 0 spiro atoms. The number of benzene rings is 2. The number of rotatable bonds is 4. The molecule has 0 aliphatic rings. The van der Waals surface area contributed by atoms with Crippen molar-refractivity contribution in [2.45, 2.75) is 6.42 Å². The van der Waals surface area contributed by atoms with E-state index in [-0.39, 0.29) is 28.0 Å². The lowest BCUT2D eigenvalue weighted by molar-refractivity contribution is -0.145. The molecule has 0 amide bonds. The summed E-state index contributed by atoms with van der Waals surface area (Å²) in [6.07, 6.45) is -0.938. The summed E-state index contributed by atoms with van der Waals surface area (Å²) in [5, 5.41) is 27.9. The number of aliphatic carboxylic acids is 1. The molecule has 0 aliphatic carbocycles. The Kier molecular flexibility index (Phi) is 4.32. The highest BCUT2D eigenvalue weighted by atomic mass is 16.5. The van der Waals surface area contributed by atoms with E-state index in [1.807, 2.05) is 0 Å². The van der Waals surface area contributed by atoms with Gasteiger partial charge in [0.05, 0.1) is 5.39 Å². The fourth-order valence-corrected chi connectivity index (χ4v) is 2.35. The van der Waals surface area contributed by atoms with Crippen LogP contribution in [0.2, 0.25) is 0 Å². The molecule has 1 aromatic heterocycles. The lowest BCUT2D eigenvalue weighted by Crippen LogP contribution is -2.18. The second-order valence-corrected chi connectivity index (χ2v) is 5.33. The van der Waals surface area contributed by atoms with Gasteiger partial charge in [-0.05, 0) is 30.3 Å². The molecule has 8 nitrogen and oxygen atoms in total. The Hall–Kier alpha value is -3.81. The van der Waals surface area contributed by atoms with Crippen LogP contribution >= 0.6 is 0 Å². The Morgan fingerprint density at radius 3 is 2.46 bits per heavy atom. The van der Waals surface area contributed by atoms with Crippen LogP contribution in [0.1, 0.15) is 6.42 Å². The van der Waals surface area contributed by atoms with E-state index in [4.69, 9.17) is 14.3 Å². The average Bonchev–Trinajstić information content (AvgIpc) is 2.59. The zero-order valence-corrected chi connectivity index (χ0v) is 13.1. The Balaban J connectivity index is 2.23. The van der Waals surface area contributed by atoms with Crippen molar-refractivity contribution in [3.63, 3.8) is 0 Å². The van der Waals surface area contributed by atoms with Crippen molar-refractivity contribution in [1.82, 2.24) is 0 Å². The van der Waals surface area contributed by atoms with Gasteiger partial charge in [0.2, 0.25) is 11.2 Å². The highest BCUT2D eigenvalue weighted by molar-refractivity contribution is 5.92. The molecule has 0 saturated heterocycles. The standard InChI is InChI=1S/C18H12O8/c19-11-6-5-9(7-12(11)20)17-18(26-15(23)8-14(21)22)16(24)10-3-1-2-4-13(10)25-17/h1-7,19-20H,8H2,(H,21,22). The molecule has 0 atom stereocenters. The summed E-state index contributed by atoms with van der Waals surface area (Å²) in [7, 11) is 0. The Bertz CT molecular complexity index is 1080. The smallest absolute Gasteiger partial charge is 0.322 e. The first kappa shape index (κ1) is 17.0. The van der Waals surface area contributed by atoms with Gasteiger partial charge in [-0.3, -0.25) is 14.4 Å². The minimum atomic E-state index is -1.41. The fourth-order valence-electron chi connectivity index (χ4n) is 2.35. The van der Waals surface area contributed by atoms with Crippen LogP contribution in [0.4, 0.5) is 0 Å². The summed E-state index contributed by atoms with van der Waals surface area (Å²) >= 11 is 0. The summed E-state index contributed by atoms with van der Waals surface area (Å²) in [5.74, 6) is -4.10. The number of phenolic OH excluding ortho intramolecular Hbond substituents is 2. The van der Waals surface area contributed by atoms with Crippen molar-refractivity contribution < 1.29 is 34.1 Å². The van der Waals surface area contributed by atoms with Crippen LogP contribution in [0.15, 0.2) is 51.7 Å². The van der Waals surface area contributed by atoms with Gasteiger partial charge >= 0.3 is 11.9 Å². The summed E-state index contributed by atoms with van der Waals surface area (Å²) < 4.78 is 10.6. The van der Waals surface area contributed by atoms with Gasteiger partial charge in [0, 0.05) is 5.56 Å². The van der Waals surface area contributed by atoms with Crippen molar-refractivity contribution in [2.75, 3.05) is 0 Å². The van der Waals surface area contributed by atoms with E-state index >= 15 is 0 Å². The molecular formula is C18H12O8. The van der Waals surface area contributed by atoms with Gasteiger partial charge in [-0.1, -0.05) is 12.1 Å². The molecule has 0 radical (unpaired) electrons. The lowest BCUT2D eigenvalue weighted by Gasteiger charge is -2.10. The molecule has 3 aromatic rings. The van der Waals surface area contributed by atoms with E-state index in [1.54, 1.807) is 12.1 Å². The Morgan fingerprint density at radius 2 is 1.77 bits per heavy atom. The van der Waals surface area contributed by atoms with E-state index < -0.39 is 35.3 Å². The first-order valence-corrected chi connectivity index (χ1v) is 7.37. The van der Waals surface area contributed by atoms with Crippen molar-refractivity contribution >= 4 is 22.9 Å². The second-order valence-electron chi connectivity index (χ2n) is 5.33. The van der Waals surface area contributed by atoms with Crippen LogP contribution in [-0.4, -0.2) is 27.3 Å². The third-order valence-corrected chi connectivity index (χ3v) is 3.51. The number of carbonyl (C=O) groups is 2. The number of ether oxygens (including phenoxy) is 1. The molecule has 0 saturated carbocycles. The van der Waals surface area contributed by atoms with Crippen LogP contribution < -0.4 is 10.2 Å². The molecular weight excluding hydrogens is 344 g/mol. The molecule has 8 heteroatoms. The molecule has 3 rings (SSSR count). The highest BCUT2D eigenvalue weighted by Crippen LogP contribution is 2.35. The molecule has 3 N–H and O–H groups in total. The number of hydrogen-bond acceptors (Lipinski definition) is 7. The number of fused-ring (bicyclic) bond motifs is 1. The maximum absolute atomic E-state index is 12.7. The minimum Gasteiger partial charge on any atom is -0.504 e. The minimum absolute atomic E-state index is 0.136. The first-order chi connectivity index (χ1) is 12.4. The first-order valence-electron chi connectivity index (χ1n) is 7.37. The molecule has 26 heavy (non-hydrogen) atoms. The summed E-state index contributed by atoms with van der Waals surface area (Å²) in [4.78, 5) is 35.1. The maximum atomic E-state index is 12.7. The third kappa shape index (κ3) is 3.20. The van der Waals surface area contributed by atoms with Gasteiger partial charge in [-0.2, -0.15) is 0 Å². The molecule has 1 heterocycles. The SMILES string of the molecule is O=C(O)CC(=O)Oc1c(-c2ccc(O)c(O)c2)oc2ccccc2c1=O. The van der Waals surface area contributed by atoms with Crippen LogP contribution in [-0.2, 0) is 9.59 Å². The highest BCUT2D eigenvalue weighted by Gasteiger charge is 2.22. The summed E-state index contributed by atoms with van der Waals surface area (Å²) in [6, 6.07) is 9.86. The van der Waals surface area contributed by atoms with Gasteiger partial charge in [0.1, 0.15) is 12.0 Å². The van der Waals surface area contributed by atoms with Gasteiger partial charge in [0.25, 0.3) is 0 Å². The van der Waals surface area contributed by atoms with E-state index in [2.05, 4.69) is 0 Å². The zero-order valence-electron chi connectivity index (χ0n) is 13.1. The molecule has 2 aromatic carbocycles. The predicted octanol–water partition coefficient (Wildman–Crippen LogP) is 2.25. The number of carboxylic acids is 1. The molecule has 0 unspecified atom stereocenters. The molecule has 132 valence electrons. The molecule has 0 bridgehead atoms. The zero-order chi connectivity index (χ0) is 18.8. The van der Waals surface area contributed by atoms with Crippen molar-refractivity contribution in [3.8, 4) is 28.6 Å².